The molecule has 8 heteroatoms. The fourth-order valence-electron chi connectivity index (χ4n) is 2.10. The standard InChI is InChI=1S/C15H23N3O4.ClH/c16-12(13(19)14(17)20)8-4-5-9-18(15(21)22)10-11-6-2-1-3-7-11;/h1-3,6-7,12-13,19H,4-5,8-10,16H2,(H2,17,20)(H,21,22);1H. The average molecular weight is 346 g/mol. The fraction of sp³-hybridized carbons (Fsp3) is 0.467. The van der Waals surface area contributed by atoms with Gasteiger partial charge in [-0.15, -0.1) is 12.4 Å². The Hall–Kier alpha value is -1.83. The molecule has 2 atom stereocenters. The van der Waals surface area contributed by atoms with Crippen LogP contribution in [-0.4, -0.2) is 45.8 Å². The summed E-state index contributed by atoms with van der Waals surface area (Å²) in [6.07, 6.45) is -0.740. The molecule has 0 aliphatic carbocycles. The van der Waals surface area contributed by atoms with Crippen LogP contribution in [0.4, 0.5) is 4.79 Å². The molecule has 0 aliphatic heterocycles. The van der Waals surface area contributed by atoms with Crippen LogP contribution in [0.15, 0.2) is 30.3 Å². The zero-order chi connectivity index (χ0) is 16.5. The molecule has 130 valence electrons. The molecule has 0 bridgehead atoms. The van der Waals surface area contributed by atoms with Crippen LogP contribution in [0.5, 0.6) is 0 Å². The van der Waals surface area contributed by atoms with Crippen molar-refractivity contribution in [3.63, 3.8) is 0 Å². The number of halogens is 1. The van der Waals surface area contributed by atoms with E-state index in [-0.39, 0.29) is 12.4 Å². The largest absolute Gasteiger partial charge is 0.465 e. The Kier molecular flexibility index (Phi) is 9.96. The van der Waals surface area contributed by atoms with Crippen LogP contribution in [0.2, 0.25) is 0 Å². The zero-order valence-electron chi connectivity index (χ0n) is 12.8. The first kappa shape index (κ1) is 21.2. The van der Waals surface area contributed by atoms with Crippen molar-refractivity contribution in [2.75, 3.05) is 6.54 Å². The zero-order valence-corrected chi connectivity index (χ0v) is 13.6. The van der Waals surface area contributed by atoms with Gasteiger partial charge in [0, 0.05) is 19.1 Å². The van der Waals surface area contributed by atoms with Gasteiger partial charge in [-0.2, -0.15) is 0 Å². The first-order chi connectivity index (χ1) is 10.4. The minimum atomic E-state index is -1.36. The number of hydrogen-bond donors (Lipinski definition) is 4. The Labute approximate surface area is 141 Å². The molecular weight excluding hydrogens is 322 g/mol. The number of aliphatic hydroxyl groups is 1. The lowest BCUT2D eigenvalue weighted by Gasteiger charge is -2.20. The number of benzene rings is 1. The van der Waals surface area contributed by atoms with E-state index in [0.717, 1.165) is 5.56 Å². The fourth-order valence-corrected chi connectivity index (χ4v) is 2.10. The van der Waals surface area contributed by atoms with E-state index in [4.69, 9.17) is 11.5 Å². The van der Waals surface area contributed by atoms with Gasteiger partial charge in [0.05, 0.1) is 0 Å². The maximum Gasteiger partial charge on any atom is 0.407 e. The van der Waals surface area contributed by atoms with Crippen molar-refractivity contribution in [2.24, 2.45) is 11.5 Å². The highest BCUT2D eigenvalue weighted by Gasteiger charge is 2.20. The van der Waals surface area contributed by atoms with Crippen molar-refractivity contribution in [2.45, 2.75) is 38.0 Å². The number of carbonyl (C=O) groups is 2. The Morgan fingerprint density at radius 1 is 1.17 bits per heavy atom. The lowest BCUT2D eigenvalue weighted by Crippen LogP contribution is -2.44. The number of carbonyl (C=O) groups excluding carboxylic acids is 1. The van der Waals surface area contributed by atoms with Gasteiger partial charge in [0.1, 0.15) is 6.10 Å². The number of primary amides is 1. The molecular formula is C15H24ClN3O4. The molecule has 1 rings (SSSR count). The minimum Gasteiger partial charge on any atom is -0.465 e. The van der Waals surface area contributed by atoms with Crippen molar-refractivity contribution in [1.82, 2.24) is 4.90 Å². The molecule has 0 heterocycles. The number of nitrogens with two attached hydrogens (primary N) is 2. The van der Waals surface area contributed by atoms with E-state index in [1.54, 1.807) is 0 Å². The average Bonchev–Trinajstić information content (AvgIpc) is 2.49. The number of hydrogen-bond acceptors (Lipinski definition) is 4. The number of unbranched alkanes of at least 4 members (excludes halogenated alkanes) is 1. The molecule has 0 spiro atoms. The summed E-state index contributed by atoms with van der Waals surface area (Å²) in [5.41, 5.74) is 11.5. The number of carboxylic acid groups (broad SMARTS) is 1. The van der Waals surface area contributed by atoms with Gasteiger partial charge in [0.25, 0.3) is 0 Å². The molecule has 1 aromatic rings. The highest BCUT2D eigenvalue weighted by Crippen LogP contribution is 2.08. The van der Waals surface area contributed by atoms with Gasteiger partial charge in [-0.1, -0.05) is 36.8 Å². The van der Waals surface area contributed by atoms with Crippen LogP contribution in [0, 0.1) is 0 Å². The van der Waals surface area contributed by atoms with Crippen molar-refractivity contribution >= 4 is 24.4 Å². The van der Waals surface area contributed by atoms with Crippen LogP contribution in [0.3, 0.4) is 0 Å². The second-order valence-corrected chi connectivity index (χ2v) is 5.20. The highest BCUT2D eigenvalue weighted by atomic mass is 35.5. The summed E-state index contributed by atoms with van der Waals surface area (Å²) in [7, 11) is 0. The molecule has 0 saturated carbocycles. The Balaban J connectivity index is 0.00000484. The van der Waals surface area contributed by atoms with Crippen molar-refractivity contribution < 1.29 is 19.8 Å². The van der Waals surface area contributed by atoms with E-state index in [2.05, 4.69) is 0 Å². The lowest BCUT2D eigenvalue weighted by molar-refractivity contribution is -0.127. The lowest BCUT2D eigenvalue weighted by atomic mass is 10.0. The van der Waals surface area contributed by atoms with Gasteiger partial charge in [0.2, 0.25) is 5.91 Å². The molecule has 2 unspecified atom stereocenters. The first-order valence-corrected chi connectivity index (χ1v) is 7.16. The smallest absolute Gasteiger partial charge is 0.407 e. The molecule has 1 aromatic carbocycles. The third kappa shape index (κ3) is 7.83. The third-order valence-corrected chi connectivity index (χ3v) is 3.40. The van der Waals surface area contributed by atoms with Crippen LogP contribution >= 0.6 is 12.4 Å². The summed E-state index contributed by atoms with van der Waals surface area (Å²) in [4.78, 5) is 23.3. The molecule has 0 fully saturated rings. The monoisotopic (exact) mass is 345 g/mol. The minimum absolute atomic E-state index is 0. The number of rotatable bonds is 9. The van der Waals surface area contributed by atoms with E-state index in [1.165, 1.54) is 4.90 Å². The first-order valence-electron chi connectivity index (χ1n) is 7.16. The Morgan fingerprint density at radius 3 is 2.30 bits per heavy atom. The van der Waals surface area contributed by atoms with Gasteiger partial charge in [0.15, 0.2) is 0 Å². The van der Waals surface area contributed by atoms with Crippen LogP contribution in [-0.2, 0) is 11.3 Å². The van der Waals surface area contributed by atoms with Crippen molar-refractivity contribution in [1.29, 1.82) is 0 Å². The number of nitrogens with zero attached hydrogens (tertiary/aromatic N) is 1. The van der Waals surface area contributed by atoms with E-state index >= 15 is 0 Å². The molecule has 0 aliphatic rings. The third-order valence-electron chi connectivity index (χ3n) is 3.40. The Bertz CT molecular complexity index is 487. The van der Waals surface area contributed by atoms with Crippen molar-refractivity contribution in [3.8, 4) is 0 Å². The maximum atomic E-state index is 11.2. The molecule has 0 saturated heterocycles. The van der Waals surface area contributed by atoms with Crippen molar-refractivity contribution in [3.05, 3.63) is 35.9 Å². The van der Waals surface area contributed by atoms with Gasteiger partial charge in [-0.3, -0.25) is 4.79 Å². The topological polar surface area (TPSA) is 130 Å². The van der Waals surface area contributed by atoms with Gasteiger partial charge >= 0.3 is 6.09 Å². The summed E-state index contributed by atoms with van der Waals surface area (Å²) in [6, 6.07) is 8.62. The summed E-state index contributed by atoms with van der Waals surface area (Å²) < 4.78 is 0. The number of aliphatic hydroxyl groups excluding tert-OH is 1. The second kappa shape index (κ2) is 10.8. The molecule has 23 heavy (non-hydrogen) atoms. The molecule has 2 amide bonds. The van der Waals surface area contributed by atoms with E-state index < -0.39 is 24.1 Å². The summed E-state index contributed by atoms with van der Waals surface area (Å²) >= 11 is 0. The molecule has 0 aromatic heterocycles. The highest BCUT2D eigenvalue weighted by molar-refractivity contribution is 5.85. The maximum absolute atomic E-state index is 11.2. The van der Waals surface area contributed by atoms with Crippen LogP contribution < -0.4 is 11.5 Å². The predicted molar refractivity (Wildman–Crippen MR) is 89.2 cm³/mol. The van der Waals surface area contributed by atoms with E-state index in [1.807, 2.05) is 30.3 Å². The summed E-state index contributed by atoms with van der Waals surface area (Å²) in [6.45, 7) is 0.690. The van der Waals surface area contributed by atoms with E-state index in [9.17, 15) is 19.8 Å². The van der Waals surface area contributed by atoms with Crippen LogP contribution in [0.25, 0.3) is 0 Å². The van der Waals surface area contributed by atoms with Gasteiger partial charge in [-0.25, -0.2) is 4.79 Å². The quantitative estimate of drug-likeness (QED) is 0.495. The Morgan fingerprint density at radius 2 is 1.78 bits per heavy atom. The summed E-state index contributed by atoms with van der Waals surface area (Å²) in [5.74, 6) is -0.844. The van der Waals surface area contributed by atoms with Crippen LogP contribution in [0.1, 0.15) is 24.8 Å². The summed E-state index contributed by atoms with van der Waals surface area (Å²) in [5, 5.41) is 18.6. The molecule has 6 N–H and O–H groups in total. The predicted octanol–water partition coefficient (Wildman–Crippen LogP) is 0.932. The normalized spacial score (nSPS) is 12.8. The molecule has 0 radical (unpaired) electrons. The second-order valence-electron chi connectivity index (χ2n) is 5.20. The van der Waals surface area contributed by atoms with E-state index in [0.29, 0.717) is 32.4 Å². The van der Waals surface area contributed by atoms with Gasteiger partial charge in [-0.05, 0) is 18.4 Å². The molecule has 7 nitrogen and oxygen atoms in total. The number of amides is 2. The SMILES string of the molecule is Cl.NC(=O)C(O)C(N)CCCCN(Cc1ccccc1)C(=O)O. The van der Waals surface area contributed by atoms with Gasteiger partial charge < -0.3 is 26.6 Å².